The molecule has 3 heterocycles. The average Bonchev–Trinajstić information content (AvgIpc) is 3.08. The van der Waals surface area contributed by atoms with Gasteiger partial charge in [-0.05, 0) is 24.1 Å². The monoisotopic (exact) mass is 397 g/mol. The van der Waals surface area contributed by atoms with Gasteiger partial charge in [0, 0.05) is 26.7 Å². The van der Waals surface area contributed by atoms with Crippen LogP contribution in [-0.4, -0.2) is 64.7 Å². The third-order valence-corrected chi connectivity index (χ3v) is 5.08. The minimum Gasteiger partial charge on any atom is -0.493 e. The van der Waals surface area contributed by atoms with Crippen LogP contribution in [0.4, 0.5) is 5.82 Å². The first-order valence-electron chi connectivity index (χ1n) is 9.34. The first-order valence-corrected chi connectivity index (χ1v) is 9.34. The SMILES string of the molecule is COc1ccc(CCNC(=O)C2CN(c3ncnc4c3nnn4C)C2)cc1OC. The zero-order valence-electron chi connectivity index (χ0n) is 16.6. The summed E-state index contributed by atoms with van der Waals surface area (Å²) in [5, 5.41) is 11.1. The number of nitrogens with one attached hydrogen (secondary N) is 1. The van der Waals surface area contributed by atoms with E-state index in [0.717, 1.165) is 11.4 Å². The third kappa shape index (κ3) is 3.65. The van der Waals surface area contributed by atoms with E-state index in [-0.39, 0.29) is 11.8 Å². The number of aryl methyl sites for hydroxylation is 1. The predicted molar refractivity (Wildman–Crippen MR) is 106 cm³/mol. The average molecular weight is 397 g/mol. The van der Waals surface area contributed by atoms with Crippen LogP contribution in [0.25, 0.3) is 11.2 Å². The number of hydrogen-bond acceptors (Lipinski definition) is 8. The molecule has 1 N–H and O–H groups in total. The van der Waals surface area contributed by atoms with Crippen LogP contribution in [-0.2, 0) is 18.3 Å². The number of amides is 1. The number of rotatable bonds is 7. The largest absolute Gasteiger partial charge is 0.493 e. The number of carbonyl (C=O) groups is 1. The van der Waals surface area contributed by atoms with Gasteiger partial charge in [0.05, 0.1) is 20.1 Å². The molecular formula is C19H23N7O3. The maximum Gasteiger partial charge on any atom is 0.226 e. The number of fused-ring (bicyclic) bond motifs is 1. The lowest BCUT2D eigenvalue weighted by Gasteiger charge is -2.38. The quantitative estimate of drug-likeness (QED) is 0.617. The number of ether oxygens (including phenoxy) is 2. The van der Waals surface area contributed by atoms with Crippen LogP contribution in [0, 0.1) is 5.92 Å². The summed E-state index contributed by atoms with van der Waals surface area (Å²) in [6.45, 7) is 1.77. The van der Waals surface area contributed by atoms with Gasteiger partial charge in [0.2, 0.25) is 5.91 Å². The Morgan fingerprint density at radius 2 is 2.00 bits per heavy atom. The van der Waals surface area contributed by atoms with Crippen LogP contribution >= 0.6 is 0 Å². The second kappa shape index (κ2) is 7.90. The smallest absolute Gasteiger partial charge is 0.226 e. The molecule has 10 heteroatoms. The molecule has 2 aromatic heterocycles. The summed E-state index contributed by atoms with van der Waals surface area (Å²) in [6, 6.07) is 5.77. The molecule has 1 amide bonds. The second-order valence-electron chi connectivity index (χ2n) is 6.91. The maximum atomic E-state index is 12.4. The van der Waals surface area contributed by atoms with Crippen molar-refractivity contribution in [2.24, 2.45) is 13.0 Å². The minimum absolute atomic E-state index is 0.0474. The van der Waals surface area contributed by atoms with Crippen LogP contribution in [0.15, 0.2) is 24.5 Å². The Labute approximate surface area is 167 Å². The van der Waals surface area contributed by atoms with Gasteiger partial charge < -0.3 is 19.7 Å². The molecule has 0 atom stereocenters. The van der Waals surface area contributed by atoms with Crippen molar-refractivity contribution in [3.8, 4) is 11.5 Å². The molecule has 1 saturated heterocycles. The predicted octanol–water partition coefficient (Wildman–Crippen LogP) is 0.571. The van der Waals surface area contributed by atoms with Crippen LogP contribution in [0.5, 0.6) is 11.5 Å². The van der Waals surface area contributed by atoms with Gasteiger partial charge in [-0.25, -0.2) is 14.6 Å². The highest BCUT2D eigenvalue weighted by Crippen LogP contribution is 2.28. The molecule has 1 aliphatic rings. The van der Waals surface area contributed by atoms with E-state index in [9.17, 15) is 4.79 Å². The molecule has 1 aromatic carbocycles. The highest BCUT2D eigenvalue weighted by Gasteiger charge is 2.34. The Hall–Kier alpha value is -3.43. The normalized spacial score (nSPS) is 14.0. The molecule has 0 saturated carbocycles. The van der Waals surface area contributed by atoms with Crippen molar-refractivity contribution in [2.75, 3.05) is 38.8 Å². The summed E-state index contributed by atoms with van der Waals surface area (Å²) in [6.07, 6.45) is 2.21. The fourth-order valence-corrected chi connectivity index (χ4v) is 3.40. The van der Waals surface area contributed by atoms with Crippen LogP contribution < -0.4 is 19.7 Å². The van der Waals surface area contributed by atoms with Crippen molar-refractivity contribution in [2.45, 2.75) is 6.42 Å². The molecule has 0 bridgehead atoms. The molecule has 1 fully saturated rings. The first kappa shape index (κ1) is 18.9. The lowest BCUT2D eigenvalue weighted by molar-refractivity contribution is -0.125. The van der Waals surface area contributed by atoms with Crippen molar-refractivity contribution in [3.05, 3.63) is 30.1 Å². The van der Waals surface area contributed by atoms with E-state index < -0.39 is 0 Å². The molecule has 0 unspecified atom stereocenters. The van der Waals surface area contributed by atoms with Crippen LogP contribution in [0.1, 0.15) is 5.56 Å². The molecule has 1 aliphatic heterocycles. The molecule has 0 radical (unpaired) electrons. The lowest BCUT2D eigenvalue weighted by Crippen LogP contribution is -2.54. The van der Waals surface area contributed by atoms with Crippen LogP contribution in [0.3, 0.4) is 0 Å². The Morgan fingerprint density at radius 3 is 2.76 bits per heavy atom. The fraction of sp³-hybridized carbons (Fsp3) is 0.421. The molecular weight excluding hydrogens is 374 g/mol. The van der Waals surface area contributed by atoms with Gasteiger partial charge in [0.25, 0.3) is 0 Å². The van der Waals surface area contributed by atoms with Crippen molar-refractivity contribution in [3.63, 3.8) is 0 Å². The third-order valence-electron chi connectivity index (χ3n) is 5.08. The van der Waals surface area contributed by atoms with Gasteiger partial charge in [-0.2, -0.15) is 0 Å². The van der Waals surface area contributed by atoms with Crippen molar-refractivity contribution in [1.29, 1.82) is 0 Å². The Bertz CT molecular complexity index is 1030. The van der Waals surface area contributed by atoms with Crippen molar-refractivity contribution < 1.29 is 14.3 Å². The van der Waals surface area contributed by atoms with E-state index in [4.69, 9.17) is 9.47 Å². The Balaban J connectivity index is 1.29. The number of carbonyl (C=O) groups excluding carboxylic acids is 1. The van der Waals surface area contributed by atoms with Gasteiger partial charge in [-0.15, -0.1) is 5.10 Å². The molecule has 0 spiro atoms. The van der Waals surface area contributed by atoms with Gasteiger partial charge in [0.1, 0.15) is 6.33 Å². The Kier molecular flexibility index (Phi) is 5.15. The minimum atomic E-state index is -0.0675. The number of methoxy groups -OCH3 is 2. The van der Waals surface area contributed by atoms with E-state index >= 15 is 0 Å². The van der Waals surface area contributed by atoms with E-state index in [1.165, 1.54) is 6.33 Å². The van der Waals surface area contributed by atoms with Gasteiger partial charge >= 0.3 is 0 Å². The summed E-state index contributed by atoms with van der Waals surface area (Å²) in [7, 11) is 5.01. The summed E-state index contributed by atoms with van der Waals surface area (Å²) >= 11 is 0. The second-order valence-corrected chi connectivity index (χ2v) is 6.91. The molecule has 152 valence electrons. The first-order chi connectivity index (χ1) is 14.1. The van der Waals surface area contributed by atoms with E-state index in [1.807, 2.05) is 23.1 Å². The summed E-state index contributed by atoms with van der Waals surface area (Å²) in [5.74, 6) is 2.08. The topological polar surface area (TPSA) is 107 Å². The number of benzene rings is 1. The Morgan fingerprint density at radius 1 is 1.21 bits per heavy atom. The molecule has 10 nitrogen and oxygen atoms in total. The van der Waals surface area contributed by atoms with Gasteiger partial charge in [-0.1, -0.05) is 11.3 Å². The van der Waals surface area contributed by atoms with Gasteiger partial charge in [-0.3, -0.25) is 4.79 Å². The van der Waals surface area contributed by atoms with E-state index in [1.54, 1.807) is 25.9 Å². The fourth-order valence-electron chi connectivity index (χ4n) is 3.40. The number of nitrogens with zero attached hydrogens (tertiary/aromatic N) is 6. The zero-order chi connectivity index (χ0) is 20.4. The zero-order valence-corrected chi connectivity index (χ0v) is 16.6. The summed E-state index contributed by atoms with van der Waals surface area (Å²) < 4.78 is 12.2. The number of anilines is 1. The number of hydrogen-bond donors (Lipinski definition) is 1. The highest BCUT2D eigenvalue weighted by atomic mass is 16.5. The van der Waals surface area contributed by atoms with E-state index in [0.29, 0.717) is 48.7 Å². The molecule has 3 aromatic rings. The summed E-state index contributed by atoms with van der Waals surface area (Å²) in [5.41, 5.74) is 2.41. The van der Waals surface area contributed by atoms with Gasteiger partial charge in [0.15, 0.2) is 28.5 Å². The van der Waals surface area contributed by atoms with Crippen LogP contribution in [0.2, 0.25) is 0 Å². The van der Waals surface area contributed by atoms with Crippen molar-refractivity contribution >= 4 is 22.9 Å². The van der Waals surface area contributed by atoms with E-state index in [2.05, 4.69) is 25.6 Å². The van der Waals surface area contributed by atoms with Crippen molar-refractivity contribution in [1.82, 2.24) is 30.3 Å². The highest BCUT2D eigenvalue weighted by molar-refractivity contribution is 5.86. The summed E-state index contributed by atoms with van der Waals surface area (Å²) in [4.78, 5) is 23.0. The standard InChI is InChI=1S/C19H23N7O3/c1-25-17-16(23-24-25)18(22-11-21-17)26-9-13(10-26)19(27)20-7-6-12-4-5-14(28-2)15(8-12)29-3/h4-5,8,11,13H,6-7,9-10H2,1-3H3,(H,20,27). The lowest BCUT2D eigenvalue weighted by atomic mass is 9.99. The number of aromatic nitrogens is 5. The maximum absolute atomic E-state index is 12.4. The molecule has 29 heavy (non-hydrogen) atoms. The molecule has 0 aliphatic carbocycles. The molecule has 4 rings (SSSR count).